The summed E-state index contributed by atoms with van der Waals surface area (Å²) < 4.78 is 0. The minimum atomic E-state index is 0.100. The molecule has 2 amide bonds. The molecule has 0 radical (unpaired) electrons. The van der Waals surface area contributed by atoms with Crippen molar-refractivity contribution < 1.29 is 4.79 Å². The van der Waals surface area contributed by atoms with Gasteiger partial charge in [0.15, 0.2) is 0 Å². The van der Waals surface area contributed by atoms with Gasteiger partial charge in [-0.25, -0.2) is 4.79 Å². The topological polar surface area (TPSA) is 35.6 Å². The van der Waals surface area contributed by atoms with E-state index in [1.165, 1.54) is 0 Å². The van der Waals surface area contributed by atoms with Crippen molar-refractivity contribution in [3.8, 4) is 12.3 Å². The minimum Gasteiger partial charge on any atom is -0.331 e. The molecule has 0 aliphatic carbocycles. The van der Waals surface area contributed by atoms with Gasteiger partial charge in [-0.2, -0.15) is 0 Å². The second-order valence-electron chi connectivity index (χ2n) is 4.49. The third-order valence-electron chi connectivity index (χ3n) is 2.88. The first-order valence-electron chi connectivity index (χ1n) is 5.73. The van der Waals surface area contributed by atoms with E-state index in [4.69, 9.17) is 6.42 Å². The third-order valence-corrected chi connectivity index (χ3v) is 2.88. The number of hydrogen-bond donors (Lipinski definition) is 1. The lowest BCUT2D eigenvalue weighted by Crippen LogP contribution is -2.49. The van der Waals surface area contributed by atoms with Crippen LogP contribution in [-0.2, 0) is 0 Å². The summed E-state index contributed by atoms with van der Waals surface area (Å²) in [5.41, 5.74) is 0. The second-order valence-corrected chi connectivity index (χ2v) is 4.49. The Morgan fingerprint density at radius 3 is 2.50 bits per heavy atom. The molecular formula is C12H21N3O. The van der Waals surface area contributed by atoms with E-state index in [2.05, 4.69) is 11.2 Å². The number of rotatable bonds is 2. The highest BCUT2D eigenvalue weighted by Gasteiger charge is 2.23. The van der Waals surface area contributed by atoms with Crippen LogP contribution in [0, 0.1) is 12.3 Å². The van der Waals surface area contributed by atoms with Crippen LogP contribution in [0.5, 0.6) is 0 Å². The van der Waals surface area contributed by atoms with Crippen molar-refractivity contribution >= 4 is 6.03 Å². The van der Waals surface area contributed by atoms with Gasteiger partial charge >= 0.3 is 6.03 Å². The van der Waals surface area contributed by atoms with Crippen molar-refractivity contribution in [2.24, 2.45) is 0 Å². The molecule has 1 unspecified atom stereocenters. The van der Waals surface area contributed by atoms with Crippen LogP contribution < -0.4 is 5.32 Å². The number of likely N-dealkylation sites (tertiary alicyclic amines) is 1. The highest BCUT2D eigenvalue weighted by Crippen LogP contribution is 2.12. The summed E-state index contributed by atoms with van der Waals surface area (Å²) in [5, 5.41) is 3.37. The molecule has 0 bridgehead atoms. The molecular weight excluding hydrogens is 202 g/mol. The number of piperidine rings is 1. The van der Waals surface area contributed by atoms with Crippen molar-refractivity contribution in [2.45, 2.75) is 31.8 Å². The van der Waals surface area contributed by atoms with Gasteiger partial charge in [-0.3, -0.25) is 0 Å². The smallest absolute Gasteiger partial charge is 0.319 e. The maximum absolute atomic E-state index is 11.7. The van der Waals surface area contributed by atoms with Crippen LogP contribution in [0.15, 0.2) is 0 Å². The minimum absolute atomic E-state index is 0.100. The van der Waals surface area contributed by atoms with Crippen LogP contribution in [0.25, 0.3) is 0 Å². The fraction of sp³-hybridized carbons (Fsp3) is 0.750. The normalized spacial score (nSPS) is 19.0. The number of terminal acetylenes is 1. The molecule has 0 aromatic carbocycles. The molecule has 4 nitrogen and oxygen atoms in total. The average molecular weight is 223 g/mol. The Bertz CT molecular complexity index is 274. The van der Waals surface area contributed by atoms with Gasteiger partial charge in [0.05, 0.1) is 6.04 Å². The van der Waals surface area contributed by atoms with E-state index in [0.717, 1.165) is 25.9 Å². The highest BCUT2D eigenvalue weighted by atomic mass is 16.2. The maximum atomic E-state index is 11.7. The average Bonchev–Trinajstić information content (AvgIpc) is 2.28. The molecule has 1 atom stereocenters. The van der Waals surface area contributed by atoms with E-state index in [1.54, 1.807) is 19.0 Å². The van der Waals surface area contributed by atoms with E-state index in [1.807, 2.05) is 11.8 Å². The number of carbonyl (C=O) groups is 1. The molecule has 0 spiro atoms. The number of hydrogen-bond acceptors (Lipinski definition) is 2. The molecule has 1 aliphatic rings. The van der Waals surface area contributed by atoms with E-state index in [9.17, 15) is 4.79 Å². The van der Waals surface area contributed by atoms with E-state index < -0.39 is 0 Å². The zero-order chi connectivity index (χ0) is 12.1. The fourth-order valence-corrected chi connectivity index (χ4v) is 1.92. The van der Waals surface area contributed by atoms with Crippen LogP contribution in [0.3, 0.4) is 0 Å². The van der Waals surface area contributed by atoms with Crippen LogP contribution >= 0.6 is 0 Å². The van der Waals surface area contributed by atoms with Crippen LogP contribution in [0.2, 0.25) is 0 Å². The molecule has 1 N–H and O–H groups in total. The zero-order valence-electron chi connectivity index (χ0n) is 10.4. The molecule has 1 fully saturated rings. The predicted molar refractivity (Wildman–Crippen MR) is 65.1 cm³/mol. The Morgan fingerprint density at radius 2 is 2.06 bits per heavy atom. The maximum Gasteiger partial charge on any atom is 0.319 e. The second kappa shape index (κ2) is 5.76. The van der Waals surface area contributed by atoms with Gasteiger partial charge in [0, 0.05) is 33.2 Å². The van der Waals surface area contributed by atoms with E-state index in [-0.39, 0.29) is 12.1 Å². The largest absolute Gasteiger partial charge is 0.331 e. The highest BCUT2D eigenvalue weighted by molar-refractivity contribution is 5.73. The van der Waals surface area contributed by atoms with Gasteiger partial charge in [0.1, 0.15) is 0 Å². The molecule has 1 heterocycles. The molecule has 16 heavy (non-hydrogen) atoms. The Balaban J connectivity index is 2.34. The monoisotopic (exact) mass is 223 g/mol. The number of urea groups is 1. The lowest BCUT2D eigenvalue weighted by atomic mass is 10.0. The molecule has 90 valence electrons. The van der Waals surface area contributed by atoms with Gasteiger partial charge in [0.25, 0.3) is 0 Å². The van der Waals surface area contributed by atoms with Crippen molar-refractivity contribution in [3.63, 3.8) is 0 Å². The SMILES string of the molecule is C#CC(C)NC1CCN(C(=O)N(C)C)CC1. The summed E-state index contributed by atoms with van der Waals surface area (Å²) >= 11 is 0. The Morgan fingerprint density at radius 1 is 1.50 bits per heavy atom. The van der Waals surface area contributed by atoms with Crippen molar-refractivity contribution in [1.82, 2.24) is 15.1 Å². The first-order valence-corrected chi connectivity index (χ1v) is 5.73. The summed E-state index contributed by atoms with van der Waals surface area (Å²) in [4.78, 5) is 15.2. The summed E-state index contributed by atoms with van der Waals surface area (Å²) in [6.45, 7) is 3.61. The molecule has 0 saturated carbocycles. The molecule has 1 aliphatic heterocycles. The summed E-state index contributed by atoms with van der Waals surface area (Å²) in [6, 6.07) is 0.654. The quantitative estimate of drug-likeness (QED) is 0.701. The van der Waals surface area contributed by atoms with Gasteiger partial charge in [0.2, 0.25) is 0 Å². The van der Waals surface area contributed by atoms with Gasteiger partial charge in [-0.05, 0) is 19.8 Å². The first kappa shape index (κ1) is 12.9. The molecule has 1 rings (SSSR count). The van der Waals surface area contributed by atoms with E-state index >= 15 is 0 Å². The summed E-state index contributed by atoms with van der Waals surface area (Å²) in [5.74, 6) is 2.66. The fourth-order valence-electron chi connectivity index (χ4n) is 1.92. The number of nitrogens with one attached hydrogen (secondary N) is 1. The Labute approximate surface area is 98.0 Å². The standard InChI is InChI=1S/C12H21N3O/c1-5-10(2)13-11-6-8-15(9-7-11)12(16)14(3)4/h1,10-11,13H,6-9H2,2-4H3. The van der Waals surface area contributed by atoms with E-state index in [0.29, 0.717) is 6.04 Å². The molecule has 0 aromatic heterocycles. The van der Waals surface area contributed by atoms with Crippen LogP contribution in [-0.4, -0.2) is 55.1 Å². The van der Waals surface area contributed by atoms with Crippen LogP contribution in [0.4, 0.5) is 4.79 Å². The van der Waals surface area contributed by atoms with Crippen LogP contribution in [0.1, 0.15) is 19.8 Å². The summed E-state index contributed by atoms with van der Waals surface area (Å²) in [6.07, 6.45) is 7.28. The Hall–Kier alpha value is -1.21. The van der Waals surface area contributed by atoms with Gasteiger partial charge < -0.3 is 15.1 Å². The number of nitrogens with zero attached hydrogens (tertiary/aromatic N) is 2. The van der Waals surface area contributed by atoms with Crippen molar-refractivity contribution in [2.75, 3.05) is 27.2 Å². The van der Waals surface area contributed by atoms with Gasteiger partial charge in [-0.1, -0.05) is 5.92 Å². The number of amides is 2. The third kappa shape index (κ3) is 3.42. The zero-order valence-corrected chi connectivity index (χ0v) is 10.4. The predicted octanol–water partition coefficient (Wildman–Crippen LogP) is 0.744. The molecule has 1 saturated heterocycles. The summed E-state index contributed by atoms with van der Waals surface area (Å²) in [7, 11) is 3.57. The lowest BCUT2D eigenvalue weighted by Gasteiger charge is -2.34. The lowest BCUT2D eigenvalue weighted by molar-refractivity contribution is 0.152. The number of carbonyl (C=O) groups excluding carboxylic acids is 1. The molecule has 4 heteroatoms. The van der Waals surface area contributed by atoms with Crippen molar-refractivity contribution in [1.29, 1.82) is 0 Å². The Kier molecular flexibility index (Phi) is 4.63. The van der Waals surface area contributed by atoms with Crippen molar-refractivity contribution in [3.05, 3.63) is 0 Å². The van der Waals surface area contributed by atoms with Gasteiger partial charge in [-0.15, -0.1) is 6.42 Å². The first-order chi connectivity index (χ1) is 7.54. The molecule has 0 aromatic rings.